The van der Waals surface area contributed by atoms with Gasteiger partial charge in [-0.3, -0.25) is 9.69 Å². The number of methoxy groups -OCH3 is 1. The summed E-state index contributed by atoms with van der Waals surface area (Å²) in [5, 5.41) is 9.93. The minimum Gasteiger partial charge on any atom is -0.489 e. The molecule has 2 fully saturated rings. The molecule has 6 nitrogen and oxygen atoms in total. The first-order valence-corrected chi connectivity index (χ1v) is 9.88. The molecule has 0 unspecified atom stereocenters. The average Bonchev–Trinajstić information content (AvgIpc) is 2.68. The van der Waals surface area contributed by atoms with Gasteiger partial charge in [0.25, 0.3) is 0 Å². The fourth-order valence-electron chi connectivity index (χ4n) is 3.78. The van der Waals surface area contributed by atoms with Crippen molar-refractivity contribution in [3.05, 3.63) is 23.8 Å². The minimum absolute atomic E-state index is 0.0145. The molecule has 1 saturated carbocycles. The topological polar surface area (TPSA) is 71.8 Å². The summed E-state index contributed by atoms with van der Waals surface area (Å²) >= 11 is 0. The SMILES string of the molecule is COC(=O)CN1CCC(C#N)(c2ccc(OC(F)F)c(OCC3CCC3)c2)CC1. The first-order valence-electron chi connectivity index (χ1n) is 9.88. The van der Waals surface area contributed by atoms with Gasteiger partial charge >= 0.3 is 12.6 Å². The number of ether oxygens (including phenoxy) is 3. The van der Waals surface area contributed by atoms with E-state index >= 15 is 0 Å². The third-order valence-electron chi connectivity index (χ3n) is 5.92. The molecule has 1 saturated heterocycles. The zero-order valence-electron chi connectivity index (χ0n) is 16.5. The molecular formula is C21H26F2N2O4. The Kier molecular flexibility index (Phi) is 6.91. The van der Waals surface area contributed by atoms with Crippen molar-refractivity contribution in [2.24, 2.45) is 5.92 Å². The number of benzene rings is 1. The van der Waals surface area contributed by atoms with Crippen LogP contribution in [0.5, 0.6) is 11.5 Å². The smallest absolute Gasteiger partial charge is 0.387 e. The van der Waals surface area contributed by atoms with Crippen LogP contribution < -0.4 is 9.47 Å². The molecule has 0 aromatic heterocycles. The fourth-order valence-corrected chi connectivity index (χ4v) is 3.78. The van der Waals surface area contributed by atoms with Crippen LogP contribution in [0.15, 0.2) is 18.2 Å². The first kappa shape index (κ1) is 21.3. The van der Waals surface area contributed by atoms with Crippen molar-refractivity contribution in [3.63, 3.8) is 0 Å². The molecule has 0 atom stereocenters. The van der Waals surface area contributed by atoms with Crippen LogP contribution in [-0.4, -0.2) is 50.8 Å². The predicted molar refractivity (Wildman–Crippen MR) is 101 cm³/mol. The predicted octanol–water partition coefficient (Wildman–Crippen LogP) is 3.50. The van der Waals surface area contributed by atoms with Crippen LogP contribution in [0.1, 0.15) is 37.7 Å². The zero-order chi connectivity index (χ0) is 20.9. The highest BCUT2D eigenvalue weighted by Crippen LogP contribution is 2.40. The van der Waals surface area contributed by atoms with Crippen LogP contribution in [-0.2, 0) is 14.9 Å². The lowest BCUT2D eigenvalue weighted by Crippen LogP contribution is -2.44. The van der Waals surface area contributed by atoms with E-state index in [2.05, 4.69) is 10.8 Å². The Bertz CT molecular complexity index is 754. The zero-order valence-corrected chi connectivity index (χ0v) is 16.5. The van der Waals surface area contributed by atoms with E-state index in [9.17, 15) is 18.8 Å². The van der Waals surface area contributed by atoms with E-state index in [-0.39, 0.29) is 24.0 Å². The standard InChI is InChI=1S/C21H26F2N2O4/c1-27-19(26)12-25-9-7-21(14-24,8-10-25)16-5-6-17(29-20(22)23)18(11-16)28-13-15-3-2-4-15/h5-6,11,15,20H,2-4,7-10,12-13H2,1H3. The maximum Gasteiger partial charge on any atom is 0.387 e. The Morgan fingerprint density at radius 2 is 2.03 bits per heavy atom. The van der Waals surface area contributed by atoms with Crippen LogP contribution in [0.25, 0.3) is 0 Å². The monoisotopic (exact) mass is 408 g/mol. The van der Waals surface area contributed by atoms with Gasteiger partial charge < -0.3 is 14.2 Å². The Hall–Kier alpha value is -2.40. The number of nitrogens with zero attached hydrogens (tertiary/aromatic N) is 2. The van der Waals surface area contributed by atoms with Gasteiger partial charge in [0.1, 0.15) is 0 Å². The lowest BCUT2D eigenvalue weighted by Gasteiger charge is -2.37. The third kappa shape index (κ3) is 5.15. The van der Waals surface area contributed by atoms with E-state index in [1.54, 1.807) is 12.1 Å². The second-order valence-electron chi connectivity index (χ2n) is 7.69. The highest BCUT2D eigenvalue weighted by Gasteiger charge is 2.37. The van der Waals surface area contributed by atoms with Crippen molar-refractivity contribution < 1.29 is 27.8 Å². The lowest BCUT2D eigenvalue weighted by molar-refractivity contribution is -0.142. The van der Waals surface area contributed by atoms with Crippen LogP contribution in [0.4, 0.5) is 8.78 Å². The van der Waals surface area contributed by atoms with E-state index in [4.69, 9.17) is 9.47 Å². The van der Waals surface area contributed by atoms with E-state index < -0.39 is 12.0 Å². The summed E-state index contributed by atoms with van der Waals surface area (Å²) in [6.45, 7) is -1.17. The second-order valence-corrected chi connectivity index (χ2v) is 7.69. The van der Waals surface area contributed by atoms with Crippen LogP contribution in [0.3, 0.4) is 0 Å². The molecule has 0 N–H and O–H groups in total. The maximum absolute atomic E-state index is 12.8. The van der Waals surface area contributed by atoms with Gasteiger partial charge in [-0.1, -0.05) is 12.5 Å². The summed E-state index contributed by atoms with van der Waals surface area (Å²) in [5.74, 6) is 0.361. The summed E-state index contributed by atoms with van der Waals surface area (Å²) in [7, 11) is 1.35. The number of hydrogen-bond donors (Lipinski definition) is 0. The Morgan fingerprint density at radius 1 is 1.31 bits per heavy atom. The Morgan fingerprint density at radius 3 is 2.59 bits per heavy atom. The molecule has 8 heteroatoms. The number of likely N-dealkylation sites (tertiary alicyclic amines) is 1. The van der Waals surface area contributed by atoms with Crippen molar-refractivity contribution in [1.29, 1.82) is 5.26 Å². The van der Waals surface area contributed by atoms with Crippen molar-refractivity contribution >= 4 is 5.97 Å². The molecule has 1 aliphatic carbocycles. The Balaban J connectivity index is 1.76. The van der Waals surface area contributed by atoms with Gasteiger partial charge in [0.2, 0.25) is 0 Å². The van der Waals surface area contributed by atoms with E-state index in [1.807, 2.05) is 4.90 Å². The molecule has 29 heavy (non-hydrogen) atoms. The molecule has 1 aromatic rings. The number of esters is 1. The van der Waals surface area contributed by atoms with Gasteiger partial charge in [0, 0.05) is 13.1 Å². The Labute approximate surface area is 169 Å². The number of alkyl halides is 2. The summed E-state index contributed by atoms with van der Waals surface area (Å²) in [4.78, 5) is 13.4. The maximum atomic E-state index is 12.8. The number of rotatable bonds is 8. The van der Waals surface area contributed by atoms with Crippen LogP contribution in [0, 0.1) is 17.2 Å². The van der Waals surface area contributed by atoms with Gasteiger partial charge in [0.05, 0.1) is 31.7 Å². The van der Waals surface area contributed by atoms with Crippen LogP contribution >= 0.6 is 0 Å². The van der Waals surface area contributed by atoms with E-state index in [1.165, 1.54) is 13.2 Å². The van der Waals surface area contributed by atoms with Gasteiger partial charge in [-0.2, -0.15) is 14.0 Å². The summed E-state index contributed by atoms with van der Waals surface area (Å²) in [6, 6.07) is 7.19. The van der Waals surface area contributed by atoms with Crippen molar-refractivity contribution in [2.75, 3.05) is 33.4 Å². The van der Waals surface area contributed by atoms with Crippen molar-refractivity contribution in [1.82, 2.24) is 4.90 Å². The molecule has 0 bridgehead atoms. The molecule has 2 aliphatic rings. The largest absolute Gasteiger partial charge is 0.489 e. The molecule has 158 valence electrons. The molecule has 1 aromatic carbocycles. The van der Waals surface area contributed by atoms with E-state index in [0.717, 1.165) is 24.8 Å². The molecule has 1 aliphatic heterocycles. The first-order chi connectivity index (χ1) is 14.0. The number of hydrogen-bond acceptors (Lipinski definition) is 6. The quantitative estimate of drug-likeness (QED) is 0.613. The second kappa shape index (κ2) is 9.40. The van der Waals surface area contributed by atoms with Crippen LogP contribution in [0.2, 0.25) is 0 Å². The number of carbonyl (C=O) groups excluding carboxylic acids is 1. The summed E-state index contributed by atoms with van der Waals surface area (Å²) in [6.07, 6.45) is 4.36. The van der Waals surface area contributed by atoms with Gasteiger partial charge in [0.15, 0.2) is 11.5 Å². The van der Waals surface area contributed by atoms with Crippen molar-refractivity contribution in [3.8, 4) is 17.6 Å². The molecule has 0 amide bonds. The minimum atomic E-state index is -2.95. The number of halogens is 2. The molecular weight excluding hydrogens is 382 g/mol. The number of nitriles is 1. The molecule has 3 rings (SSSR count). The van der Waals surface area contributed by atoms with Gasteiger partial charge in [-0.15, -0.1) is 0 Å². The average molecular weight is 408 g/mol. The van der Waals surface area contributed by atoms with Gasteiger partial charge in [-0.25, -0.2) is 0 Å². The normalized spacial score (nSPS) is 19.3. The molecule has 0 spiro atoms. The third-order valence-corrected chi connectivity index (χ3v) is 5.92. The highest BCUT2D eigenvalue weighted by atomic mass is 19.3. The van der Waals surface area contributed by atoms with E-state index in [0.29, 0.717) is 38.5 Å². The van der Waals surface area contributed by atoms with Crippen molar-refractivity contribution in [2.45, 2.75) is 44.1 Å². The lowest BCUT2D eigenvalue weighted by atomic mass is 9.74. The molecule has 1 heterocycles. The fraction of sp³-hybridized carbons (Fsp3) is 0.619. The number of carbonyl (C=O) groups is 1. The highest BCUT2D eigenvalue weighted by molar-refractivity contribution is 5.71. The summed E-state index contributed by atoms with van der Waals surface area (Å²) in [5.41, 5.74) is -0.0344. The molecule has 0 radical (unpaired) electrons. The van der Waals surface area contributed by atoms with Gasteiger partial charge in [-0.05, 0) is 49.3 Å². The number of piperidine rings is 1. The summed E-state index contributed by atoms with van der Waals surface area (Å²) < 4.78 is 40.7.